The summed E-state index contributed by atoms with van der Waals surface area (Å²) in [5, 5.41) is 1.15. The standard InChI is InChI=1S/C31H41FN4O2/c1-20(2)27(8-7-13-37)35-12-11-23(18-35)14-24-19-36(29-17-33-16-22(5)30(24)29)28-10-9-25(32)15-26(28)31(38)34(6)21(3)4/h9-10,13,15-17,19-21,23,27H,7-8,11-12,14,18H2,1-6H3/t23-,27-/m0/s1. The van der Waals surface area contributed by atoms with Gasteiger partial charge in [0.25, 0.3) is 5.91 Å². The molecule has 1 aromatic carbocycles. The van der Waals surface area contributed by atoms with Crippen molar-refractivity contribution in [3.05, 3.63) is 59.3 Å². The molecule has 3 aromatic rings. The number of amides is 1. The molecule has 0 spiro atoms. The molecule has 0 N–H and O–H groups in total. The molecule has 1 aliphatic heterocycles. The van der Waals surface area contributed by atoms with Gasteiger partial charge >= 0.3 is 0 Å². The third-order valence-electron chi connectivity index (χ3n) is 8.17. The lowest BCUT2D eigenvalue weighted by molar-refractivity contribution is -0.108. The first kappa shape index (κ1) is 28.0. The Bertz CT molecular complexity index is 1300. The van der Waals surface area contributed by atoms with E-state index in [1.165, 1.54) is 17.7 Å². The first-order chi connectivity index (χ1) is 18.1. The molecule has 2 atom stereocenters. The van der Waals surface area contributed by atoms with Crippen molar-refractivity contribution in [3.8, 4) is 5.69 Å². The van der Waals surface area contributed by atoms with E-state index in [9.17, 15) is 14.0 Å². The van der Waals surface area contributed by atoms with E-state index in [0.29, 0.717) is 35.5 Å². The van der Waals surface area contributed by atoms with Crippen molar-refractivity contribution in [1.29, 1.82) is 0 Å². The number of benzene rings is 1. The average Bonchev–Trinajstić information content (AvgIpc) is 3.49. The Morgan fingerprint density at radius 2 is 2.00 bits per heavy atom. The van der Waals surface area contributed by atoms with Crippen LogP contribution in [0.15, 0.2) is 36.8 Å². The summed E-state index contributed by atoms with van der Waals surface area (Å²) in [4.78, 5) is 33.0. The van der Waals surface area contributed by atoms with Crippen LogP contribution >= 0.6 is 0 Å². The number of aryl methyl sites for hydroxylation is 1. The average molecular weight is 521 g/mol. The van der Waals surface area contributed by atoms with E-state index in [2.05, 4.69) is 36.9 Å². The summed E-state index contributed by atoms with van der Waals surface area (Å²) in [6, 6.07) is 4.86. The second kappa shape index (κ2) is 11.8. The molecular formula is C31H41FN4O2. The third-order valence-corrected chi connectivity index (χ3v) is 8.17. The zero-order chi connectivity index (χ0) is 27.6. The quantitative estimate of drug-likeness (QED) is 0.316. The van der Waals surface area contributed by atoms with Gasteiger partial charge in [-0.2, -0.15) is 0 Å². The number of fused-ring (bicyclic) bond motifs is 1. The Labute approximate surface area is 225 Å². The first-order valence-corrected chi connectivity index (χ1v) is 13.8. The molecular weight excluding hydrogens is 479 g/mol. The number of rotatable bonds is 10. The van der Waals surface area contributed by atoms with Gasteiger partial charge in [-0.15, -0.1) is 0 Å². The van der Waals surface area contributed by atoms with Gasteiger partial charge in [0.2, 0.25) is 0 Å². The molecule has 7 heteroatoms. The fraction of sp³-hybridized carbons (Fsp3) is 0.516. The molecule has 38 heavy (non-hydrogen) atoms. The summed E-state index contributed by atoms with van der Waals surface area (Å²) in [5.41, 5.74) is 4.24. The fourth-order valence-corrected chi connectivity index (χ4v) is 5.93. The number of nitrogens with zero attached hydrogens (tertiary/aromatic N) is 4. The molecule has 2 aromatic heterocycles. The van der Waals surface area contributed by atoms with Crippen LogP contribution in [0.3, 0.4) is 0 Å². The molecule has 0 saturated carbocycles. The van der Waals surface area contributed by atoms with Gasteiger partial charge in [-0.1, -0.05) is 13.8 Å². The van der Waals surface area contributed by atoms with Crippen molar-refractivity contribution in [2.45, 2.75) is 72.4 Å². The molecule has 1 aliphatic rings. The number of likely N-dealkylation sites (tertiary alicyclic amines) is 1. The van der Waals surface area contributed by atoms with Crippen molar-refractivity contribution in [3.63, 3.8) is 0 Å². The molecule has 204 valence electrons. The van der Waals surface area contributed by atoms with Crippen LogP contribution in [0.5, 0.6) is 0 Å². The molecule has 1 saturated heterocycles. The molecule has 1 fully saturated rings. The van der Waals surface area contributed by atoms with Crippen LogP contribution < -0.4 is 0 Å². The van der Waals surface area contributed by atoms with Crippen molar-refractivity contribution in [2.75, 3.05) is 20.1 Å². The maximum absolute atomic E-state index is 14.4. The molecule has 0 aliphatic carbocycles. The predicted octanol–water partition coefficient (Wildman–Crippen LogP) is 5.82. The number of carbonyl (C=O) groups is 2. The van der Waals surface area contributed by atoms with E-state index in [4.69, 9.17) is 0 Å². The predicted molar refractivity (Wildman–Crippen MR) is 150 cm³/mol. The van der Waals surface area contributed by atoms with Gasteiger partial charge in [-0.3, -0.25) is 14.7 Å². The second-order valence-corrected chi connectivity index (χ2v) is 11.5. The molecule has 0 radical (unpaired) electrons. The van der Waals surface area contributed by atoms with Crippen LogP contribution in [-0.2, 0) is 11.2 Å². The van der Waals surface area contributed by atoms with Crippen LogP contribution in [0.4, 0.5) is 4.39 Å². The Balaban J connectivity index is 1.70. The van der Waals surface area contributed by atoms with E-state index in [1.54, 1.807) is 18.0 Å². The molecule has 6 nitrogen and oxygen atoms in total. The normalized spacial score (nSPS) is 17.0. The van der Waals surface area contributed by atoms with Gasteiger partial charge in [-0.05, 0) is 87.7 Å². The van der Waals surface area contributed by atoms with Crippen molar-refractivity contribution >= 4 is 23.1 Å². The number of aromatic nitrogens is 2. The maximum atomic E-state index is 14.4. The van der Waals surface area contributed by atoms with Crippen LogP contribution in [0.2, 0.25) is 0 Å². The smallest absolute Gasteiger partial charge is 0.256 e. The third kappa shape index (κ3) is 5.68. The monoisotopic (exact) mass is 520 g/mol. The van der Waals surface area contributed by atoms with E-state index >= 15 is 0 Å². The highest BCUT2D eigenvalue weighted by Crippen LogP contribution is 2.33. The van der Waals surface area contributed by atoms with E-state index < -0.39 is 5.82 Å². The van der Waals surface area contributed by atoms with Gasteiger partial charge in [-0.25, -0.2) is 4.39 Å². The lowest BCUT2D eigenvalue weighted by Crippen LogP contribution is -2.37. The van der Waals surface area contributed by atoms with Gasteiger partial charge in [0.15, 0.2) is 0 Å². The molecule has 3 heterocycles. The number of carbonyl (C=O) groups excluding carboxylic acids is 2. The summed E-state index contributed by atoms with van der Waals surface area (Å²) in [7, 11) is 1.75. The van der Waals surface area contributed by atoms with Crippen LogP contribution in [0.1, 0.15) is 68.4 Å². The van der Waals surface area contributed by atoms with E-state index in [-0.39, 0.29) is 11.9 Å². The Hall–Kier alpha value is -3.06. The summed E-state index contributed by atoms with van der Waals surface area (Å²) in [6.45, 7) is 12.5. The lowest BCUT2D eigenvalue weighted by atomic mass is 9.96. The number of hydrogen-bond donors (Lipinski definition) is 0. The van der Waals surface area contributed by atoms with E-state index in [0.717, 1.165) is 55.1 Å². The van der Waals surface area contributed by atoms with Crippen molar-refractivity contribution in [1.82, 2.24) is 19.4 Å². The lowest BCUT2D eigenvalue weighted by Gasteiger charge is -2.30. The maximum Gasteiger partial charge on any atom is 0.256 e. The van der Waals surface area contributed by atoms with Crippen molar-refractivity contribution < 1.29 is 14.0 Å². The topological polar surface area (TPSA) is 58.4 Å². The number of halogens is 1. The minimum absolute atomic E-state index is 0.00833. The molecule has 0 bridgehead atoms. The minimum atomic E-state index is -0.430. The van der Waals surface area contributed by atoms with Crippen molar-refractivity contribution in [2.24, 2.45) is 11.8 Å². The Kier molecular flexibility index (Phi) is 8.66. The molecule has 1 amide bonds. The van der Waals surface area contributed by atoms with Crippen LogP contribution in [0, 0.1) is 24.6 Å². The zero-order valence-corrected chi connectivity index (χ0v) is 23.6. The summed E-state index contributed by atoms with van der Waals surface area (Å²) >= 11 is 0. The molecule has 0 unspecified atom stereocenters. The summed E-state index contributed by atoms with van der Waals surface area (Å²) in [6.07, 6.45) is 10.4. The summed E-state index contributed by atoms with van der Waals surface area (Å²) in [5.74, 6) is 0.364. The first-order valence-electron chi connectivity index (χ1n) is 13.8. The highest BCUT2D eigenvalue weighted by atomic mass is 19.1. The summed E-state index contributed by atoms with van der Waals surface area (Å²) < 4.78 is 16.4. The fourth-order valence-electron chi connectivity index (χ4n) is 5.93. The minimum Gasteiger partial charge on any atom is -0.339 e. The van der Waals surface area contributed by atoms with Gasteiger partial charge in [0.05, 0.1) is 23.0 Å². The highest BCUT2D eigenvalue weighted by molar-refractivity contribution is 5.99. The largest absolute Gasteiger partial charge is 0.339 e. The van der Waals surface area contributed by atoms with Gasteiger partial charge in [0.1, 0.15) is 12.1 Å². The number of aldehydes is 1. The Morgan fingerprint density at radius 1 is 1.24 bits per heavy atom. The van der Waals surface area contributed by atoms with Gasteiger partial charge in [0, 0.05) is 49.9 Å². The van der Waals surface area contributed by atoms with Gasteiger partial charge < -0.3 is 14.3 Å². The van der Waals surface area contributed by atoms with Crippen LogP contribution in [-0.4, -0.2) is 63.8 Å². The highest BCUT2D eigenvalue weighted by Gasteiger charge is 2.31. The van der Waals surface area contributed by atoms with Crippen LogP contribution in [0.25, 0.3) is 16.6 Å². The SMILES string of the molecule is Cc1cncc2c1c(C[C@@H]1CCN([C@@H](CCC=O)C(C)C)C1)cn2-c1ccc(F)cc1C(=O)N(C)C(C)C. The van der Waals surface area contributed by atoms with E-state index in [1.807, 2.05) is 30.8 Å². The Morgan fingerprint density at radius 3 is 2.68 bits per heavy atom. The second-order valence-electron chi connectivity index (χ2n) is 11.5. The number of hydrogen-bond acceptors (Lipinski definition) is 4. The molecule has 4 rings (SSSR count). The zero-order valence-electron chi connectivity index (χ0n) is 23.6. The number of pyridine rings is 1.